The van der Waals surface area contributed by atoms with Crippen molar-refractivity contribution in [2.45, 2.75) is 25.7 Å². The maximum absolute atomic E-state index is 12.4. The molecule has 1 aromatic carbocycles. The Balaban J connectivity index is 1.79. The molecule has 0 aliphatic carbocycles. The van der Waals surface area contributed by atoms with Crippen molar-refractivity contribution in [1.82, 2.24) is 15.1 Å². The predicted octanol–water partition coefficient (Wildman–Crippen LogP) is 3.41. The van der Waals surface area contributed by atoms with E-state index in [4.69, 9.17) is 16.0 Å². The molecule has 1 aliphatic rings. The highest BCUT2D eigenvalue weighted by Crippen LogP contribution is 2.22. The third-order valence-electron chi connectivity index (χ3n) is 3.57. The smallest absolute Gasteiger partial charge is 0.311 e. The molecule has 0 spiro atoms. The maximum Gasteiger partial charge on any atom is 0.311 e. The monoisotopic (exact) mass is 305 g/mol. The molecule has 0 N–H and O–H groups in total. The number of amides is 1. The Morgan fingerprint density at radius 2 is 1.90 bits per heavy atom. The van der Waals surface area contributed by atoms with E-state index in [-0.39, 0.29) is 11.8 Å². The number of rotatable bonds is 2. The topological polar surface area (TPSA) is 59.2 Å². The normalized spacial score (nSPS) is 15.8. The third-order valence-corrected chi connectivity index (χ3v) is 3.81. The number of likely N-dealkylation sites (tertiary alicyclic amines) is 1. The number of nitrogens with zero attached hydrogens (tertiary/aromatic N) is 3. The molecular formula is C15H16ClN3O2. The van der Waals surface area contributed by atoms with Crippen LogP contribution in [-0.4, -0.2) is 34.1 Å². The Morgan fingerprint density at radius 1 is 1.14 bits per heavy atom. The van der Waals surface area contributed by atoms with Crippen molar-refractivity contribution in [2.24, 2.45) is 0 Å². The van der Waals surface area contributed by atoms with Crippen molar-refractivity contribution >= 4 is 17.5 Å². The van der Waals surface area contributed by atoms with Gasteiger partial charge < -0.3 is 9.32 Å². The lowest BCUT2D eigenvalue weighted by atomic mass is 10.2. The van der Waals surface area contributed by atoms with Gasteiger partial charge in [0.1, 0.15) is 0 Å². The fourth-order valence-electron chi connectivity index (χ4n) is 2.46. The highest BCUT2D eigenvalue weighted by Gasteiger charge is 2.23. The van der Waals surface area contributed by atoms with Crippen LogP contribution >= 0.6 is 11.6 Å². The van der Waals surface area contributed by atoms with Gasteiger partial charge in [0.2, 0.25) is 5.89 Å². The summed E-state index contributed by atoms with van der Waals surface area (Å²) in [5, 5.41) is 8.41. The van der Waals surface area contributed by atoms with Crippen LogP contribution in [0.25, 0.3) is 11.5 Å². The van der Waals surface area contributed by atoms with Crippen molar-refractivity contribution in [3.05, 3.63) is 35.2 Å². The van der Waals surface area contributed by atoms with Crippen LogP contribution in [-0.2, 0) is 0 Å². The summed E-state index contributed by atoms with van der Waals surface area (Å²) in [6.07, 6.45) is 4.39. The van der Waals surface area contributed by atoms with Crippen LogP contribution in [0, 0.1) is 0 Å². The molecule has 5 nitrogen and oxygen atoms in total. The number of halogens is 1. The Kier molecular flexibility index (Phi) is 4.20. The molecule has 1 aromatic heterocycles. The number of carbonyl (C=O) groups excluding carboxylic acids is 1. The van der Waals surface area contributed by atoms with Crippen LogP contribution in [0.1, 0.15) is 36.4 Å². The molecule has 0 radical (unpaired) electrons. The minimum atomic E-state index is -0.183. The average Bonchev–Trinajstić information content (AvgIpc) is 2.82. The molecule has 110 valence electrons. The van der Waals surface area contributed by atoms with E-state index in [1.165, 1.54) is 12.8 Å². The first kappa shape index (κ1) is 14.1. The first-order chi connectivity index (χ1) is 10.2. The molecule has 1 aliphatic heterocycles. The van der Waals surface area contributed by atoms with E-state index < -0.39 is 0 Å². The van der Waals surface area contributed by atoms with Gasteiger partial charge in [-0.05, 0) is 31.0 Å². The molecule has 0 saturated carbocycles. The summed E-state index contributed by atoms with van der Waals surface area (Å²) in [5.41, 5.74) is 0.713. The van der Waals surface area contributed by atoms with Crippen LogP contribution in [0.3, 0.4) is 0 Å². The highest BCUT2D eigenvalue weighted by molar-refractivity contribution is 6.30. The molecule has 2 aromatic rings. The van der Waals surface area contributed by atoms with E-state index in [0.717, 1.165) is 25.9 Å². The zero-order chi connectivity index (χ0) is 14.7. The largest absolute Gasteiger partial charge is 0.412 e. The van der Waals surface area contributed by atoms with E-state index in [1.54, 1.807) is 23.1 Å². The van der Waals surface area contributed by atoms with Crippen LogP contribution in [0.15, 0.2) is 28.7 Å². The minimum absolute atomic E-state index is 0.0480. The van der Waals surface area contributed by atoms with Crippen molar-refractivity contribution < 1.29 is 9.21 Å². The van der Waals surface area contributed by atoms with Crippen molar-refractivity contribution in [3.8, 4) is 11.5 Å². The standard InChI is InChI=1S/C15H16ClN3O2/c16-12-7-5-6-11(10-12)13-17-18-14(21-13)15(20)19-8-3-1-2-4-9-19/h5-7,10H,1-4,8-9H2. The third kappa shape index (κ3) is 3.24. The molecule has 1 fully saturated rings. The minimum Gasteiger partial charge on any atom is -0.412 e. The van der Waals surface area contributed by atoms with Crippen molar-refractivity contribution in [3.63, 3.8) is 0 Å². The molecule has 1 saturated heterocycles. The summed E-state index contributed by atoms with van der Waals surface area (Å²) in [6, 6.07) is 7.12. The summed E-state index contributed by atoms with van der Waals surface area (Å²) < 4.78 is 5.51. The van der Waals surface area contributed by atoms with Crippen LogP contribution in [0.2, 0.25) is 5.02 Å². The summed E-state index contributed by atoms with van der Waals surface area (Å²) in [5.74, 6) is 0.181. The van der Waals surface area contributed by atoms with Gasteiger partial charge in [-0.25, -0.2) is 0 Å². The molecule has 3 rings (SSSR count). The van der Waals surface area contributed by atoms with Gasteiger partial charge in [0, 0.05) is 23.7 Å². The zero-order valence-corrected chi connectivity index (χ0v) is 12.3. The Hall–Kier alpha value is -1.88. The molecule has 1 amide bonds. The Morgan fingerprint density at radius 3 is 2.62 bits per heavy atom. The fraction of sp³-hybridized carbons (Fsp3) is 0.400. The molecule has 21 heavy (non-hydrogen) atoms. The number of hydrogen-bond donors (Lipinski definition) is 0. The second-order valence-electron chi connectivity index (χ2n) is 5.13. The molecule has 0 bridgehead atoms. The van der Waals surface area contributed by atoms with E-state index >= 15 is 0 Å². The molecule has 2 heterocycles. The Labute approximate surface area is 127 Å². The van der Waals surface area contributed by atoms with E-state index in [1.807, 2.05) is 6.07 Å². The molecule has 6 heteroatoms. The lowest BCUT2D eigenvalue weighted by molar-refractivity contribution is 0.0722. The first-order valence-corrected chi connectivity index (χ1v) is 7.50. The number of hydrogen-bond acceptors (Lipinski definition) is 4. The van der Waals surface area contributed by atoms with Crippen molar-refractivity contribution in [1.29, 1.82) is 0 Å². The van der Waals surface area contributed by atoms with Crippen LogP contribution in [0.5, 0.6) is 0 Å². The average molecular weight is 306 g/mol. The number of aromatic nitrogens is 2. The van der Waals surface area contributed by atoms with E-state index in [2.05, 4.69) is 10.2 Å². The maximum atomic E-state index is 12.4. The second kappa shape index (κ2) is 6.26. The van der Waals surface area contributed by atoms with Crippen molar-refractivity contribution in [2.75, 3.05) is 13.1 Å². The second-order valence-corrected chi connectivity index (χ2v) is 5.57. The molecular weight excluding hydrogens is 290 g/mol. The van der Waals surface area contributed by atoms with Gasteiger partial charge in [-0.15, -0.1) is 10.2 Å². The highest BCUT2D eigenvalue weighted by atomic mass is 35.5. The predicted molar refractivity (Wildman–Crippen MR) is 79.1 cm³/mol. The van der Waals surface area contributed by atoms with Crippen LogP contribution < -0.4 is 0 Å². The van der Waals surface area contributed by atoms with E-state index in [9.17, 15) is 4.79 Å². The SMILES string of the molecule is O=C(c1nnc(-c2cccc(Cl)c2)o1)N1CCCCCC1. The van der Waals surface area contributed by atoms with Crippen LogP contribution in [0.4, 0.5) is 0 Å². The lowest BCUT2D eigenvalue weighted by Crippen LogP contribution is -2.32. The fourth-order valence-corrected chi connectivity index (χ4v) is 2.65. The molecule has 0 atom stereocenters. The van der Waals surface area contributed by atoms with Gasteiger partial charge in [0.15, 0.2) is 0 Å². The number of benzene rings is 1. The zero-order valence-electron chi connectivity index (χ0n) is 11.6. The van der Waals surface area contributed by atoms with E-state index in [0.29, 0.717) is 16.5 Å². The van der Waals surface area contributed by atoms with Gasteiger partial charge in [-0.2, -0.15) is 0 Å². The van der Waals surface area contributed by atoms with Gasteiger partial charge in [0.25, 0.3) is 0 Å². The lowest BCUT2D eigenvalue weighted by Gasteiger charge is -2.17. The summed E-state index contributed by atoms with van der Waals surface area (Å²) in [4.78, 5) is 14.2. The summed E-state index contributed by atoms with van der Waals surface area (Å²) in [6.45, 7) is 1.52. The summed E-state index contributed by atoms with van der Waals surface area (Å²) in [7, 11) is 0. The first-order valence-electron chi connectivity index (χ1n) is 7.13. The Bertz CT molecular complexity index is 633. The van der Waals surface area contributed by atoms with Gasteiger partial charge in [-0.3, -0.25) is 4.79 Å². The van der Waals surface area contributed by atoms with Gasteiger partial charge >= 0.3 is 11.8 Å². The quantitative estimate of drug-likeness (QED) is 0.853. The molecule has 0 unspecified atom stereocenters. The summed E-state index contributed by atoms with van der Waals surface area (Å²) >= 11 is 5.94. The van der Waals surface area contributed by atoms with Gasteiger partial charge in [0.05, 0.1) is 0 Å². The van der Waals surface area contributed by atoms with Gasteiger partial charge in [-0.1, -0.05) is 30.5 Å². The number of carbonyl (C=O) groups is 1.